The van der Waals surface area contributed by atoms with Crippen LogP contribution in [-0.2, 0) is 9.84 Å². The van der Waals surface area contributed by atoms with Gasteiger partial charge < -0.3 is 15.1 Å². The normalized spacial score (nSPS) is 15.3. The van der Waals surface area contributed by atoms with Crippen LogP contribution in [0, 0.1) is 0 Å². The van der Waals surface area contributed by atoms with E-state index >= 15 is 0 Å². The molecule has 2 N–H and O–H groups in total. The number of halogens is 17. The van der Waals surface area contributed by atoms with E-state index in [2.05, 4.69) is 0 Å². The summed E-state index contributed by atoms with van der Waals surface area (Å²) < 4.78 is 252. The summed E-state index contributed by atoms with van der Waals surface area (Å²) in [5, 5.41) is 10.2. The van der Waals surface area contributed by atoms with Crippen molar-refractivity contribution in [2.24, 2.45) is 0 Å². The van der Waals surface area contributed by atoms with E-state index in [1.54, 1.807) is 0 Å². The summed E-state index contributed by atoms with van der Waals surface area (Å²) in [4.78, 5) is -1.13. The van der Waals surface area contributed by atoms with Crippen molar-refractivity contribution in [2.45, 2.75) is 51.9 Å². The number of hydrogen-bond acceptors (Lipinski definition) is 5. The van der Waals surface area contributed by atoms with Crippen LogP contribution >= 0.6 is 0 Å². The van der Waals surface area contributed by atoms with Gasteiger partial charge >= 0.3 is 47.0 Å². The first kappa shape index (κ1) is 36.7. The number of aliphatic hydroxyl groups is 2. The second-order valence-electron chi connectivity index (χ2n) is 7.89. The highest BCUT2D eigenvalue weighted by Gasteiger charge is 2.96. The number of aliphatic hydroxyl groups excluding tert-OH is 2. The summed E-state index contributed by atoms with van der Waals surface area (Å²) in [6.45, 7) is -1.97. The molecule has 0 fully saturated rings. The van der Waals surface area contributed by atoms with Gasteiger partial charge in [-0.2, -0.15) is 74.6 Å². The van der Waals surface area contributed by atoms with E-state index in [0.29, 0.717) is 12.1 Å². The van der Waals surface area contributed by atoms with Gasteiger partial charge in [-0.05, 0) is 24.3 Å². The van der Waals surface area contributed by atoms with E-state index in [0.717, 1.165) is 4.90 Å². The molecule has 0 heterocycles. The molecule has 0 aliphatic carbocycles. The van der Waals surface area contributed by atoms with Gasteiger partial charge in [-0.25, -0.2) is 8.42 Å². The molecule has 0 aliphatic heterocycles. The molecule has 0 aromatic heterocycles. The predicted molar refractivity (Wildman–Crippen MR) is 101 cm³/mol. The molecular formula is C18H14F17NO4S. The highest BCUT2D eigenvalue weighted by atomic mass is 32.2. The van der Waals surface area contributed by atoms with Crippen LogP contribution in [-0.4, -0.2) is 91.9 Å². The number of nitrogens with zero attached hydrogens (tertiary/aromatic N) is 1. The van der Waals surface area contributed by atoms with Crippen molar-refractivity contribution in [3.05, 3.63) is 24.3 Å². The summed E-state index contributed by atoms with van der Waals surface area (Å²) in [5.41, 5.74) is -0.272. The Balaban J connectivity index is 3.71. The largest absolute Gasteiger partial charge is 0.460 e. The monoisotopic (exact) mass is 663 g/mol. The zero-order chi connectivity index (χ0) is 32.9. The van der Waals surface area contributed by atoms with Gasteiger partial charge in [0.15, 0.2) is 0 Å². The summed E-state index contributed by atoms with van der Waals surface area (Å²) in [7, 11) is -7.41. The molecule has 1 aromatic carbocycles. The lowest BCUT2D eigenvalue weighted by Crippen LogP contribution is -2.75. The lowest BCUT2D eigenvalue weighted by molar-refractivity contribution is -0.458. The van der Waals surface area contributed by atoms with Crippen molar-refractivity contribution in [1.29, 1.82) is 0 Å². The van der Waals surface area contributed by atoms with Crippen molar-refractivity contribution >= 4 is 15.5 Å². The molecule has 1 aromatic rings. The Morgan fingerprint density at radius 2 is 0.854 bits per heavy atom. The molecule has 0 amide bonds. The van der Waals surface area contributed by atoms with E-state index < -0.39 is 74.9 Å². The molecule has 0 saturated carbocycles. The third kappa shape index (κ3) is 5.25. The van der Waals surface area contributed by atoms with Crippen molar-refractivity contribution in [3.8, 4) is 0 Å². The molecule has 0 aliphatic rings. The zero-order valence-electron chi connectivity index (χ0n) is 19.1. The van der Waals surface area contributed by atoms with Crippen LogP contribution < -0.4 is 4.90 Å². The molecule has 0 unspecified atom stereocenters. The smallest absolute Gasteiger partial charge is 0.395 e. The highest BCUT2D eigenvalue weighted by molar-refractivity contribution is 7.92. The quantitative estimate of drug-likeness (QED) is 0.284. The van der Waals surface area contributed by atoms with Gasteiger partial charge in [0.05, 0.1) is 18.1 Å². The van der Waals surface area contributed by atoms with E-state index in [1.807, 2.05) is 0 Å². The average molecular weight is 663 g/mol. The van der Waals surface area contributed by atoms with Crippen LogP contribution in [0.3, 0.4) is 0 Å². The fraction of sp³-hybridized carbons (Fsp3) is 0.667. The van der Waals surface area contributed by atoms with E-state index in [4.69, 9.17) is 10.2 Å². The number of benzene rings is 1. The first-order valence-corrected chi connectivity index (χ1v) is 11.5. The molecule has 1 rings (SSSR count). The van der Waals surface area contributed by atoms with Crippen molar-refractivity contribution < 1.29 is 93.3 Å². The summed E-state index contributed by atoms with van der Waals surface area (Å²) in [6, 6.07) is 0.763. The average Bonchev–Trinajstić information content (AvgIpc) is 2.82. The Labute approximate surface area is 217 Å². The summed E-state index contributed by atoms with van der Waals surface area (Å²) >= 11 is 0. The Bertz CT molecular complexity index is 1160. The lowest BCUT2D eigenvalue weighted by atomic mass is 9.91. The molecule has 0 radical (unpaired) electrons. The molecule has 23 heteroatoms. The number of alkyl halides is 17. The van der Waals surface area contributed by atoms with Crippen LogP contribution in [0.25, 0.3) is 0 Å². The minimum atomic E-state index is -8.90. The zero-order valence-corrected chi connectivity index (χ0v) is 19.9. The van der Waals surface area contributed by atoms with Crippen LogP contribution in [0.4, 0.5) is 80.3 Å². The number of sulfone groups is 1. The van der Waals surface area contributed by atoms with E-state index in [9.17, 15) is 83.1 Å². The second kappa shape index (κ2) is 10.8. The molecule has 5 nitrogen and oxygen atoms in total. The molecule has 0 bridgehead atoms. The first-order chi connectivity index (χ1) is 18.0. The number of rotatable bonds is 13. The van der Waals surface area contributed by atoms with Crippen molar-refractivity contribution in [3.63, 3.8) is 0 Å². The van der Waals surface area contributed by atoms with Gasteiger partial charge in [-0.1, -0.05) is 0 Å². The van der Waals surface area contributed by atoms with Crippen LogP contribution in [0.1, 0.15) is 0 Å². The van der Waals surface area contributed by atoms with E-state index in [-0.39, 0.29) is 30.9 Å². The molecule has 41 heavy (non-hydrogen) atoms. The maximum absolute atomic E-state index is 14.3. The third-order valence-electron chi connectivity index (χ3n) is 5.28. The van der Waals surface area contributed by atoms with Gasteiger partial charge in [0.2, 0.25) is 9.84 Å². The Morgan fingerprint density at radius 3 is 1.17 bits per heavy atom. The topological polar surface area (TPSA) is 77.8 Å². The van der Waals surface area contributed by atoms with Crippen molar-refractivity contribution in [1.82, 2.24) is 0 Å². The molecule has 0 spiro atoms. The van der Waals surface area contributed by atoms with Gasteiger partial charge in [0.1, 0.15) is 0 Å². The lowest BCUT2D eigenvalue weighted by Gasteiger charge is -2.42. The predicted octanol–water partition coefficient (Wildman–Crippen LogP) is 5.22. The second-order valence-corrected chi connectivity index (χ2v) is 9.88. The Morgan fingerprint density at radius 1 is 0.537 bits per heavy atom. The maximum Gasteiger partial charge on any atom is 0.460 e. The Kier molecular flexibility index (Phi) is 9.64. The van der Waals surface area contributed by atoms with Crippen molar-refractivity contribution in [2.75, 3.05) is 31.2 Å². The van der Waals surface area contributed by atoms with E-state index in [1.165, 1.54) is 0 Å². The SMILES string of the molecule is O=S(=O)(c1ccc(N(CCO)CCO)cc1)C(F)(F)C(F)(F)C(F)(F)C(F)(F)C(F)(F)C(F)(F)C(F)(F)C(F)(F)F. The van der Waals surface area contributed by atoms with Gasteiger partial charge in [-0.15, -0.1) is 0 Å². The fourth-order valence-corrected chi connectivity index (χ4v) is 4.17. The first-order valence-electron chi connectivity index (χ1n) is 10.0. The maximum atomic E-state index is 14.3. The highest BCUT2D eigenvalue weighted by Crippen LogP contribution is 2.64. The summed E-state index contributed by atoms with van der Waals surface area (Å²) in [5.74, 6) is -52.0. The minimum Gasteiger partial charge on any atom is -0.395 e. The van der Waals surface area contributed by atoms with Gasteiger partial charge in [-0.3, -0.25) is 0 Å². The van der Waals surface area contributed by atoms with Crippen LogP contribution in [0.15, 0.2) is 29.2 Å². The standard InChI is InChI=1S/C18H14F17NO4S/c19-11(20,13(23,24)15(27,28)17(31,32)33)12(21,22)14(25,26)16(29,30)18(34,35)41(39,40)10-3-1-9(2-4-10)36(5-7-37)6-8-38/h1-4,37-38H,5-8H2. The molecular weight excluding hydrogens is 649 g/mol. The third-order valence-corrected chi connectivity index (χ3v) is 7.11. The number of hydrogen-bond donors (Lipinski definition) is 2. The van der Waals surface area contributed by atoms with Gasteiger partial charge in [0.25, 0.3) is 0 Å². The molecule has 240 valence electrons. The molecule has 0 saturated heterocycles. The molecule has 0 atom stereocenters. The van der Waals surface area contributed by atoms with Crippen LogP contribution in [0.5, 0.6) is 0 Å². The van der Waals surface area contributed by atoms with Crippen LogP contribution in [0.2, 0.25) is 0 Å². The summed E-state index contributed by atoms with van der Waals surface area (Å²) in [6.07, 6.45) is -7.91. The number of anilines is 1. The van der Waals surface area contributed by atoms with Gasteiger partial charge in [0, 0.05) is 18.8 Å². The minimum absolute atomic E-state index is 0.0701. The fourth-order valence-electron chi connectivity index (χ4n) is 2.91. The Hall–Kier alpha value is -2.30.